The average Bonchev–Trinajstić information content (AvgIpc) is 3.42. The highest BCUT2D eigenvalue weighted by Crippen LogP contribution is 2.39. The predicted molar refractivity (Wildman–Crippen MR) is 160 cm³/mol. The number of hydrogen-bond acceptors (Lipinski definition) is 7. The second kappa shape index (κ2) is 11.9. The second-order valence-corrected chi connectivity index (χ2v) is 11.7. The lowest BCUT2D eigenvalue weighted by Gasteiger charge is -2.38. The van der Waals surface area contributed by atoms with E-state index in [0.717, 1.165) is 55.2 Å². The molecule has 2 aromatic heterocycles. The lowest BCUT2D eigenvalue weighted by Crippen LogP contribution is -2.43. The van der Waals surface area contributed by atoms with Gasteiger partial charge in [-0.15, -0.1) is 0 Å². The molecule has 1 saturated carbocycles. The number of hydrogen-bond donors (Lipinski definition) is 2. The maximum absolute atomic E-state index is 13.7. The van der Waals surface area contributed by atoms with Crippen LogP contribution in [-0.4, -0.2) is 31.6 Å². The van der Waals surface area contributed by atoms with Crippen molar-refractivity contribution in [3.8, 4) is 0 Å². The monoisotopic (exact) mass is 571 g/mol. The molecule has 0 amide bonds. The number of anilines is 2. The maximum Gasteiger partial charge on any atom is 0.232 e. The molecular weight excluding hydrogens is 542 g/mol. The Morgan fingerprint density at radius 3 is 2.33 bits per heavy atom. The summed E-state index contributed by atoms with van der Waals surface area (Å²) in [6.07, 6.45) is 9.01. The lowest BCUT2D eigenvalue weighted by atomic mass is 9.69. The van der Waals surface area contributed by atoms with Gasteiger partial charge in [-0.3, -0.25) is 0 Å². The van der Waals surface area contributed by atoms with E-state index in [1.165, 1.54) is 29.3 Å². The fraction of sp³-hybridized carbons (Fsp3) is 0.300. The molecule has 4 aromatic rings. The van der Waals surface area contributed by atoms with Crippen molar-refractivity contribution >= 4 is 40.9 Å². The smallest absolute Gasteiger partial charge is 0.232 e. The highest BCUT2D eigenvalue weighted by atomic mass is 32.2. The molecule has 1 aliphatic heterocycles. The van der Waals surface area contributed by atoms with E-state index in [2.05, 4.69) is 49.8 Å². The van der Waals surface area contributed by atoms with E-state index in [1.54, 1.807) is 30.6 Å². The van der Waals surface area contributed by atoms with Gasteiger partial charge < -0.3 is 15.5 Å². The minimum atomic E-state index is -0.215. The van der Waals surface area contributed by atoms with Crippen LogP contribution in [0.4, 0.5) is 16.2 Å². The van der Waals surface area contributed by atoms with E-state index in [-0.39, 0.29) is 11.2 Å². The van der Waals surface area contributed by atoms with Crippen molar-refractivity contribution < 1.29 is 4.39 Å². The van der Waals surface area contributed by atoms with Crippen molar-refractivity contribution in [3.05, 3.63) is 95.6 Å². The highest BCUT2D eigenvalue weighted by molar-refractivity contribution is 7.99. The molecule has 0 spiro atoms. The van der Waals surface area contributed by atoms with Gasteiger partial charge in [-0.05, 0) is 71.7 Å². The number of fused-ring (bicyclic) bond motifs is 1. The van der Waals surface area contributed by atoms with Crippen LogP contribution >= 0.6 is 24.0 Å². The fourth-order valence-electron chi connectivity index (χ4n) is 5.60. The van der Waals surface area contributed by atoms with Crippen molar-refractivity contribution in [2.45, 2.75) is 60.8 Å². The van der Waals surface area contributed by atoms with Gasteiger partial charge in [0.15, 0.2) is 10.3 Å². The molecule has 2 N–H and O–H groups in total. The van der Waals surface area contributed by atoms with Crippen molar-refractivity contribution in [2.75, 3.05) is 16.8 Å². The minimum Gasteiger partial charge on any atom is -0.361 e. The first-order valence-corrected chi connectivity index (χ1v) is 14.8. The first kappa shape index (κ1) is 26.6. The number of halogens is 1. The quantitative estimate of drug-likeness (QED) is 0.152. The third-order valence-corrected chi connectivity index (χ3v) is 8.73. The Bertz CT molecular complexity index is 1450. The van der Waals surface area contributed by atoms with Crippen LogP contribution in [-0.2, 0) is 18.5 Å². The van der Waals surface area contributed by atoms with Gasteiger partial charge in [0.1, 0.15) is 16.7 Å². The van der Waals surface area contributed by atoms with Gasteiger partial charge in [-0.2, -0.15) is 4.98 Å². The van der Waals surface area contributed by atoms with Crippen LogP contribution in [0.5, 0.6) is 0 Å². The third kappa shape index (κ3) is 6.08. The van der Waals surface area contributed by atoms with Crippen molar-refractivity contribution in [1.29, 1.82) is 0 Å². The van der Waals surface area contributed by atoms with E-state index >= 15 is 0 Å². The fourth-order valence-corrected chi connectivity index (χ4v) is 6.48. The summed E-state index contributed by atoms with van der Waals surface area (Å²) in [5, 5.41) is 8.46. The summed E-state index contributed by atoms with van der Waals surface area (Å²) in [5.74, 6) is 1.02. The molecule has 7 nitrogen and oxygen atoms in total. The van der Waals surface area contributed by atoms with E-state index in [0.29, 0.717) is 22.8 Å². The minimum absolute atomic E-state index is 0.0899. The van der Waals surface area contributed by atoms with Crippen LogP contribution in [0.3, 0.4) is 0 Å². The summed E-state index contributed by atoms with van der Waals surface area (Å²) in [5.41, 5.74) is 3.66. The Kier molecular flexibility index (Phi) is 7.88. The van der Waals surface area contributed by atoms with E-state index in [9.17, 15) is 4.39 Å². The van der Waals surface area contributed by atoms with E-state index in [4.69, 9.17) is 22.2 Å². The number of nitrogens with zero attached hydrogens (tertiary/aromatic N) is 5. The number of aromatic nitrogens is 4. The van der Waals surface area contributed by atoms with Gasteiger partial charge in [-0.25, -0.2) is 19.3 Å². The molecular formula is C30H30FN7S2. The molecule has 0 unspecified atom stereocenters. The molecule has 3 heterocycles. The molecule has 2 aliphatic rings. The van der Waals surface area contributed by atoms with Gasteiger partial charge in [0.25, 0.3) is 0 Å². The van der Waals surface area contributed by atoms with Crippen LogP contribution in [0.25, 0.3) is 0 Å². The summed E-state index contributed by atoms with van der Waals surface area (Å²) < 4.78 is 13.7. The summed E-state index contributed by atoms with van der Waals surface area (Å²) in [6, 6.07) is 19.1. The molecule has 0 saturated heterocycles. The largest absolute Gasteiger partial charge is 0.361 e. The van der Waals surface area contributed by atoms with Crippen molar-refractivity contribution in [3.63, 3.8) is 0 Å². The average molecular weight is 572 g/mol. The van der Waals surface area contributed by atoms with E-state index in [1.807, 2.05) is 18.2 Å². The normalized spacial score (nSPS) is 15.9. The first-order valence-electron chi connectivity index (χ1n) is 13.5. The number of benzene rings is 2. The second-order valence-electron chi connectivity index (χ2n) is 10.3. The number of rotatable bonds is 7. The van der Waals surface area contributed by atoms with Crippen LogP contribution in [0, 0.1) is 5.82 Å². The molecule has 1 aliphatic carbocycles. The Morgan fingerprint density at radius 1 is 0.925 bits per heavy atom. The SMILES string of the molecule is Fc1ccc(C2(CNC(=S)Nc3nc(Sc4ncccn4)cc(N4Cc5ccccc5C4)n3)CCCCC2)cc1. The lowest BCUT2D eigenvalue weighted by molar-refractivity contribution is 0.292. The highest BCUT2D eigenvalue weighted by Gasteiger charge is 2.34. The van der Waals surface area contributed by atoms with Crippen LogP contribution in [0.2, 0.25) is 0 Å². The van der Waals surface area contributed by atoms with Crippen molar-refractivity contribution in [2.24, 2.45) is 0 Å². The Labute approximate surface area is 243 Å². The van der Waals surface area contributed by atoms with Gasteiger partial charge in [0.2, 0.25) is 5.95 Å². The van der Waals surface area contributed by atoms with Gasteiger partial charge in [-0.1, -0.05) is 55.7 Å². The predicted octanol–water partition coefficient (Wildman–Crippen LogP) is 6.27. The summed E-state index contributed by atoms with van der Waals surface area (Å²) in [7, 11) is 0. The standard InChI is InChI=1S/C30H30FN7S2/c31-24-11-9-23(10-12-24)30(13-4-1-5-14-30)20-34-28(39)37-27-35-25(38-18-21-7-2-3-8-22(21)19-38)17-26(36-27)40-29-32-15-6-16-33-29/h2-3,6-12,15-17H,1,4-5,13-14,18-20H2,(H2,34,35,36,37,39). The molecule has 1 fully saturated rings. The first-order chi connectivity index (χ1) is 19.6. The zero-order chi connectivity index (χ0) is 27.4. The van der Waals surface area contributed by atoms with Crippen molar-refractivity contribution in [1.82, 2.24) is 25.3 Å². The molecule has 2 aromatic carbocycles. The molecule has 10 heteroatoms. The molecule has 0 radical (unpaired) electrons. The van der Waals surface area contributed by atoms with Gasteiger partial charge in [0.05, 0.1) is 0 Å². The molecule has 0 atom stereocenters. The van der Waals surface area contributed by atoms with Crippen LogP contribution in [0.15, 0.2) is 83.2 Å². The zero-order valence-electron chi connectivity index (χ0n) is 22.0. The zero-order valence-corrected chi connectivity index (χ0v) is 23.6. The Balaban J connectivity index is 1.21. The maximum atomic E-state index is 13.7. The molecule has 0 bridgehead atoms. The summed E-state index contributed by atoms with van der Waals surface area (Å²) in [6.45, 7) is 2.22. The molecule has 204 valence electrons. The van der Waals surface area contributed by atoms with Gasteiger partial charge in [0, 0.05) is 43.5 Å². The van der Waals surface area contributed by atoms with Crippen LogP contribution in [0.1, 0.15) is 48.8 Å². The molecule has 40 heavy (non-hydrogen) atoms. The summed E-state index contributed by atoms with van der Waals surface area (Å²) in [4.78, 5) is 20.5. The Hall–Kier alpha value is -3.63. The topological polar surface area (TPSA) is 78.9 Å². The molecule has 6 rings (SSSR count). The van der Waals surface area contributed by atoms with Crippen LogP contribution < -0.4 is 15.5 Å². The third-order valence-electron chi connectivity index (χ3n) is 7.67. The van der Waals surface area contributed by atoms with Gasteiger partial charge >= 0.3 is 0 Å². The van der Waals surface area contributed by atoms with E-state index < -0.39 is 0 Å². The number of thiocarbonyl (C=S) groups is 1. The number of nitrogens with one attached hydrogen (secondary N) is 2. The summed E-state index contributed by atoms with van der Waals surface area (Å²) >= 11 is 7.11. The Morgan fingerprint density at radius 2 is 1.62 bits per heavy atom.